The van der Waals surface area contributed by atoms with Crippen molar-refractivity contribution in [1.29, 1.82) is 0 Å². The second-order valence-electron chi connectivity index (χ2n) is 6.46. The summed E-state index contributed by atoms with van der Waals surface area (Å²) >= 11 is 13.5. The van der Waals surface area contributed by atoms with Crippen molar-refractivity contribution in [2.24, 2.45) is 5.73 Å². The zero-order valence-corrected chi connectivity index (χ0v) is 19.4. The van der Waals surface area contributed by atoms with Gasteiger partial charge in [-0.15, -0.1) is 11.3 Å². The number of ether oxygens (including phenoxy) is 3. The Balaban J connectivity index is 1.76. The Morgan fingerprint density at radius 2 is 1.81 bits per heavy atom. The molecular weight excluding hydrogens is 477 g/mol. The number of carbonyl (C=O) groups is 2. The van der Waals surface area contributed by atoms with Crippen LogP contribution in [0.1, 0.15) is 20.8 Å². The number of halogens is 2. The lowest BCUT2D eigenvalue weighted by Crippen LogP contribution is -2.20. The first-order valence-corrected chi connectivity index (χ1v) is 10.7. The Morgan fingerprint density at radius 3 is 2.41 bits per heavy atom. The number of nitrogens with two attached hydrogens (primary N) is 1. The van der Waals surface area contributed by atoms with E-state index in [-0.39, 0.29) is 29.4 Å². The first kappa shape index (κ1) is 23.6. The number of carbonyl (C=O) groups excluding carboxylic acids is 2. The van der Waals surface area contributed by atoms with Crippen LogP contribution in [0.3, 0.4) is 0 Å². The van der Waals surface area contributed by atoms with Gasteiger partial charge in [-0.25, -0.2) is 4.98 Å². The van der Waals surface area contributed by atoms with Gasteiger partial charge < -0.3 is 19.9 Å². The second-order valence-corrected chi connectivity index (χ2v) is 8.42. The first-order valence-electron chi connectivity index (χ1n) is 9.17. The van der Waals surface area contributed by atoms with Crippen molar-refractivity contribution in [3.05, 3.63) is 62.6 Å². The molecule has 0 aliphatic heterocycles. The molecule has 168 valence electrons. The van der Waals surface area contributed by atoms with Crippen molar-refractivity contribution >= 4 is 51.5 Å². The number of benzene rings is 2. The van der Waals surface area contributed by atoms with Crippen molar-refractivity contribution in [2.45, 2.75) is 6.42 Å². The molecule has 2 amide bonds. The Hall–Kier alpha value is -3.01. The fraction of sp³-hybridized carbons (Fsp3) is 0.190. The number of primary amides is 1. The van der Waals surface area contributed by atoms with Crippen LogP contribution < -0.4 is 25.3 Å². The Labute approximate surface area is 198 Å². The summed E-state index contributed by atoms with van der Waals surface area (Å²) in [5.41, 5.74) is 6.28. The van der Waals surface area contributed by atoms with Gasteiger partial charge in [0.25, 0.3) is 11.8 Å². The van der Waals surface area contributed by atoms with Crippen LogP contribution in [0.5, 0.6) is 17.2 Å². The highest BCUT2D eigenvalue weighted by atomic mass is 35.5. The van der Waals surface area contributed by atoms with Crippen molar-refractivity contribution in [3.63, 3.8) is 0 Å². The molecule has 1 heterocycles. The highest BCUT2D eigenvalue weighted by Gasteiger charge is 2.19. The number of aromatic nitrogens is 1. The molecule has 0 aliphatic rings. The van der Waals surface area contributed by atoms with Crippen LogP contribution in [-0.2, 0) is 11.2 Å². The van der Waals surface area contributed by atoms with Gasteiger partial charge in [-0.2, -0.15) is 0 Å². The number of thiazole rings is 1. The van der Waals surface area contributed by atoms with Crippen molar-refractivity contribution in [3.8, 4) is 17.2 Å². The summed E-state index contributed by atoms with van der Waals surface area (Å²) in [6.07, 6.45) is 2.23. The molecule has 0 spiro atoms. The first-order chi connectivity index (χ1) is 15.3. The number of amides is 2. The van der Waals surface area contributed by atoms with Gasteiger partial charge in [-0.1, -0.05) is 29.3 Å². The molecule has 8 nitrogen and oxygen atoms in total. The van der Waals surface area contributed by atoms with E-state index < -0.39 is 11.8 Å². The maximum absolute atomic E-state index is 12.8. The molecule has 0 aliphatic carbocycles. The smallest absolute Gasteiger partial charge is 0.257 e. The van der Waals surface area contributed by atoms with Gasteiger partial charge >= 0.3 is 0 Å². The van der Waals surface area contributed by atoms with E-state index in [1.807, 2.05) is 6.07 Å². The van der Waals surface area contributed by atoms with E-state index in [1.54, 1.807) is 18.3 Å². The van der Waals surface area contributed by atoms with Crippen molar-refractivity contribution in [1.82, 2.24) is 4.98 Å². The molecule has 3 rings (SSSR count). The highest BCUT2D eigenvalue weighted by Crippen LogP contribution is 2.39. The third kappa shape index (κ3) is 5.82. The topological polar surface area (TPSA) is 113 Å². The fourth-order valence-corrected chi connectivity index (χ4v) is 4.07. The second kappa shape index (κ2) is 10.5. The zero-order valence-electron chi connectivity index (χ0n) is 17.1. The third-order valence-electron chi connectivity index (χ3n) is 4.24. The molecule has 0 bridgehead atoms. The standard InChI is InChI=1S/C21H19Cl2N3O5S/c1-29-16-6-12(7-17(30-2)19(16)31-10-18(24)27)20(28)26-21-25-9-14(32-21)5-11-3-4-13(22)8-15(11)23/h3-4,6-9H,5,10H2,1-2H3,(H2,24,27)(H,25,26,28). The Morgan fingerprint density at radius 1 is 1.12 bits per heavy atom. The molecule has 0 saturated carbocycles. The average molecular weight is 496 g/mol. The van der Waals surface area contributed by atoms with Crippen LogP contribution in [0.15, 0.2) is 36.5 Å². The minimum Gasteiger partial charge on any atom is -0.493 e. The molecule has 0 saturated heterocycles. The number of anilines is 1. The molecule has 0 fully saturated rings. The van der Waals surface area contributed by atoms with Gasteiger partial charge in [0.05, 0.1) is 14.2 Å². The molecule has 32 heavy (non-hydrogen) atoms. The molecule has 11 heteroatoms. The molecule has 0 atom stereocenters. The van der Waals surface area contributed by atoms with E-state index in [1.165, 1.54) is 37.7 Å². The van der Waals surface area contributed by atoms with Crippen molar-refractivity contribution < 1.29 is 23.8 Å². The van der Waals surface area contributed by atoms with Gasteiger partial charge in [0.2, 0.25) is 5.75 Å². The lowest BCUT2D eigenvalue weighted by molar-refractivity contribution is -0.120. The maximum atomic E-state index is 12.8. The van der Waals surface area contributed by atoms with Gasteiger partial charge in [0.1, 0.15) is 0 Å². The fourth-order valence-electron chi connectivity index (χ4n) is 2.77. The van der Waals surface area contributed by atoms with E-state index in [9.17, 15) is 9.59 Å². The SMILES string of the molecule is COc1cc(C(=O)Nc2ncc(Cc3ccc(Cl)cc3Cl)s2)cc(OC)c1OCC(N)=O. The number of rotatable bonds is 9. The number of nitrogens with one attached hydrogen (secondary N) is 1. The summed E-state index contributed by atoms with van der Waals surface area (Å²) in [6.45, 7) is -0.363. The minimum absolute atomic E-state index is 0.168. The molecule has 3 N–H and O–H groups in total. The van der Waals surface area contributed by atoms with E-state index in [0.29, 0.717) is 21.6 Å². The summed E-state index contributed by atoms with van der Waals surface area (Å²) < 4.78 is 15.9. The van der Waals surface area contributed by atoms with E-state index in [0.717, 1.165) is 10.4 Å². The Bertz CT molecular complexity index is 1130. The van der Waals surface area contributed by atoms with E-state index in [4.69, 9.17) is 43.1 Å². The zero-order chi connectivity index (χ0) is 23.3. The minimum atomic E-state index is -0.657. The number of methoxy groups -OCH3 is 2. The van der Waals surface area contributed by atoms with Gasteiger partial charge in [0, 0.05) is 33.1 Å². The summed E-state index contributed by atoms with van der Waals surface area (Å²) in [6, 6.07) is 8.24. The van der Waals surface area contributed by atoms with Crippen LogP contribution in [0.2, 0.25) is 10.0 Å². The monoisotopic (exact) mass is 495 g/mol. The number of nitrogens with zero attached hydrogens (tertiary/aromatic N) is 1. The lowest BCUT2D eigenvalue weighted by Gasteiger charge is -2.15. The highest BCUT2D eigenvalue weighted by molar-refractivity contribution is 7.15. The van der Waals surface area contributed by atoms with Crippen LogP contribution in [0.25, 0.3) is 0 Å². The summed E-state index contributed by atoms with van der Waals surface area (Å²) in [7, 11) is 2.81. The molecule has 0 radical (unpaired) electrons. The predicted molar refractivity (Wildman–Crippen MR) is 124 cm³/mol. The largest absolute Gasteiger partial charge is 0.493 e. The molecule has 1 aromatic heterocycles. The van der Waals surface area contributed by atoms with Crippen LogP contribution >= 0.6 is 34.5 Å². The van der Waals surface area contributed by atoms with Gasteiger partial charge in [0.15, 0.2) is 23.2 Å². The molecular formula is C21H19Cl2N3O5S. The number of hydrogen-bond acceptors (Lipinski definition) is 7. The molecule has 2 aromatic carbocycles. The summed E-state index contributed by atoms with van der Waals surface area (Å²) in [4.78, 5) is 29.0. The lowest BCUT2D eigenvalue weighted by atomic mass is 10.1. The average Bonchev–Trinajstić information content (AvgIpc) is 3.20. The predicted octanol–water partition coefficient (Wildman–Crippen LogP) is 4.17. The van der Waals surface area contributed by atoms with Gasteiger partial charge in [-0.3, -0.25) is 14.9 Å². The molecule has 3 aromatic rings. The van der Waals surface area contributed by atoms with Gasteiger partial charge in [-0.05, 0) is 29.8 Å². The maximum Gasteiger partial charge on any atom is 0.257 e. The summed E-state index contributed by atoms with van der Waals surface area (Å²) in [5.74, 6) is -0.480. The quantitative estimate of drug-likeness (QED) is 0.460. The van der Waals surface area contributed by atoms with E-state index in [2.05, 4.69) is 10.3 Å². The number of hydrogen-bond donors (Lipinski definition) is 2. The van der Waals surface area contributed by atoms with Crippen molar-refractivity contribution in [2.75, 3.05) is 26.1 Å². The Kier molecular flexibility index (Phi) is 7.79. The normalized spacial score (nSPS) is 10.5. The van der Waals surface area contributed by atoms with E-state index >= 15 is 0 Å². The third-order valence-corrected chi connectivity index (χ3v) is 5.74. The van der Waals surface area contributed by atoms with Crippen LogP contribution in [0, 0.1) is 0 Å². The summed E-state index contributed by atoms with van der Waals surface area (Å²) in [5, 5.41) is 4.29. The van der Waals surface area contributed by atoms with Crippen LogP contribution in [-0.4, -0.2) is 37.6 Å². The van der Waals surface area contributed by atoms with Crippen LogP contribution in [0.4, 0.5) is 5.13 Å². The molecule has 0 unspecified atom stereocenters.